The van der Waals surface area contributed by atoms with Gasteiger partial charge in [-0.15, -0.1) is 0 Å². The molecule has 3 heterocycles. The van der Waals surface area contributed by atoms with E-state index in [1.165, 1.54) is 18.3 Å². The molecular weight excluding hydrogens is 503 g/mol. The van der Waals surface area contributed by atoms with E-state index < -0.39 is 35.2 Å². The molecule has 12 heteroatoms. The molecule has 202 valence electrons. The Morgan fingerprint density at radius 1 is 1.18 bits per heavy atom. The van der Waals surface area contributed by atoms with Crippen LogP contribution < -0.4 is 16.0 Å². The Kier molecular flexibility index (Phi) is 7.34. The standard InChI is InChI=1S/C26H28F3N5O4/c1-15(25(2,3)38-24(30)36)17-11-12-34(14-17)19-10-9-18(13-31-19)32-22(35)20-21(26(27,28)29)37-23(33-20)16-7-5-4-6-8-16/h4-10,13,15,17H,11-12,14H2,1-3H3,(H2,30,36)(H,32,35). The first kappa shape index (κ1) is 27.0. The van der Waals surface area contributed by atoms with Gasteiger partial charge in [-0.3, -0.25) is 4.79 Å². The number of hydrogen-bond acceptors (Lipinski definition) is 7. The van der Waals surface area contributed by atoms with Gasteiger partial charge in [-0.05, 0) is 50.5 Å². The third kappa shape index (κ3) is 5.90. The number of halogens is 3. The number of nitrogens with one attached hydrogen (secondary N) is 1. The molecule has 2 atom stereocenters. The lowest BCUT2D eigenvalue weighted by molar-refractivity contribution is -0.153. The van der Waals surface area contributed by atoms with E-state index in [0.29, 0.717) is 17.9 Å². The van der Waals surface area contributed by atoms with Crippen LogP contribution in [0.25, 0.3) is 11.5 Å². The molecule has 1 aromatic carbocycles. The van der Waals surface area contributed by atoms with Crippen LogP contribution in [0.4, 0.5) is 29.5 Å². The number of aromatic nitrogens is 2. The summed E-state index contributed by atoms with van der Waals surface area (Å²) in [4.78, 5) is 34.2. The molecule has 9 nitrogen and oxygen atoms in total. The summed E-state index contributed by atoms with van der Waals surface area (Å²) in [5.74, 6) is -1.95. The van der Waals surface area contributed by atoms with Crippen LogP contribution in [0.3, 0.4) is 0 Å². The molecule has 0 bridgehead atoms. The Morgan fingerprint density at radius 3 is 2.50 bits per heavy atom. The summed E-state index contributed by atoms with van der Waals surface area (Å²) in [7, 11) is 0. The number of amides is 2. The highest BCUT2D eigenvalue weighted by Gasteiger charge is 2.42. The summed E-state index contributed by atoms with van der Waals surface area (Å²) in [6.07, 6.45) is -3.51. The van der Waals surface area contributed by atoms with Crippen LogP contribution in [0, 0.1) is 11.8 Å². The maximum Gasteiger partial charge on any atom is 0.452 e. The van der Waals surface area contributed by atoms with E-state index in [4.69, 9.17) is 14.9 Å². The number of primary amides is 1. The van der Waals surface area contributed by atoms with Crippen molar-refractivity contribution in [3.05, 3.63) is 60.1 Å². The van der Waals surface area contributed by atoms with Crippen LogP contribution in [0.5, 0.6) is 0 Å². The summed E-state index contributed by atoms with van der Waals surface area (Å²) < 4.78 is 50.9. The largest absolute Gasteiger partial charge is 0.452 e. The Labute approximate surface area is 217 Å². The Morgan fingerprint density at radius 2 is 1.89 bits per heavy atom. The number of pyridine rings is 1. The second-order valence-corrected chi connectivity index (χ2v) is 9.73. The zero-order valence-corrected chi connectivity index (χ0v) is 21.1. The van der Waals surface area contributed by atoms with Crippen molar-refractivity contribution in [3.8, 4) is 11.5 Å². The molecule has 2 unspecified atom stereocenters. The van der Waals surface area contributed by atoms with Crippen LogP contribution in [0.15, 0.2) is 53.1 Å². The third-order valence-corrected chi connectivity index (χ3v) is 6.84. The number of carbonyl (C=O) groups is 2. The predicted molar refractivity (Wildman–Crippen MR) is 133 cm³/mol. The third-order valence-electron chi connectivity index (χ3n) is 6.84. The van der Waals surface area contributed by atoms with Gasteiger partial charge in [-0.1, -0.05) is 25.1 Å². The highest BCUT2D eigenvalue weighted by molar-refractivity contribution is 6.04. The number of nitrogens with two attached hydrogens (primary N) is 1. The van der Waals surface area contributed by atoms with E-state index in [1.807, 2.05) is 20.8 Å². The van der Waals surface area contributed by atoms with Gasteiger partial charge >= 0.3 is 12.3 Å². The van der Waals surface area contributed by atoms with Gasteiger partial charge in [0.05, 0.1) is 11.9 Å². The molecule has 3 N–H and O–H groups in total. The van der Waals surface area contributed by atoms with Crippen molar-refractivity contribution in [2.45, 2.75) is 39.0 Å². The van der Waals surface area contributed by atoms with Crippen LogP contribution in [-0.4, -0.2) is 40.7 Å². The molecule has 1 aliphatic rings. The van der Waals surface area contributed by atoms with Crippen molar-refractivity contribution in [1.29, 1.82) is 0 Å². The number of nitrogens with zero attached hydrogens (tertiary/aromatic N) is 3. The average Bonchev–Trinajstić information content (AvgIpc) is 3.52. The molecule has 0 radical (unpaired) electrons. The Hall–Kier alpha value is -4.09. The fraction of sp³-hybridized carbons (Fsp3) is 0.385. The van der Waals surface area contributed by atoms with Crippen molar-refractivity contribution in [2.24, 2.45) is 17.6 Å². The zero-order valence-electron chi connectivity index (χ0n) is 21.1. The molecule has 1 aliphatic heterocycles. The number of anilines is 2. The number of hydrogen-bond donors (Lipinski definition) is 2. The van der Waals surface area contributed by atoms with Crippen molar-refractivity contribution < 1.29 is 31.9 Å². The van der Waals surface area contributed by atoms with Crippen LogP contribution in [-0.2, 0) is 10.9 Å². The number of oxazole rings is 1. The summed E-state index contributed by atoms with van der Waals surface area (Å²) in [5, 5.41) is 2.42. The highest BCUT2D eigenvalue weighted by atomic mass is 19.4. The summed E-state index contributed by atoms with van der Waals surface area (Å²) in [6.45, 7) is 7.04. The topological polar surface area (TPSA) is 124 Å². The second-order valence-electron chi connectivity index (χ2n) is 9.73. The lowest BCUT2D eigenvalue weighted by atomic mass is 9.81. The zero-order chi connectivity index (χ0) is 27.7. The maximum atomic E-state index is 13.6. The minimum Gasteiger partial charge on any atom is -0.443 e. The van der Waals surface area contributed by atoms with Gasteiger partial charge in [0.1, 0.15) is 11.4 Å². The van der Waals surface area contributed by atoms with Gasteiger partial charge in [0, 0.05) is 24.6 Å². The lowest BCUT2D eigenvalue weighted by Crippen LogP contribution is -2.41. The van der Waals surface area contributed by atoms with Crippen LogP contribution in [0.1, 0.15) is 43.4 Å². The van der Waals surface area contributed by atoms with Crippen LogP contribution in [0.2, 0.25) is 0 Å². The highest BCUT2D eigenvalue weighted by Crippen LogP contribution is 2.37. The monoisotopic (exact) mass is 531 g/mol. The number of benzene rings is 1. The fourth-order valence-corrected chi connectivity index (χ4v) is 4.53. The van der Waals surface area contributed by atoms with Gasteiger partial charge in [-0.25, -0.2) is 14.8 Å². The van der Waals surface area contributed by atoms with Crippen molar-refractivity contribution in [1.82, 2.24) is 9.97 Å². The lowest BCUT2D eigenvalue weighted by Gasteiger charge is -2.34. The quantitative estimate of drug-likeness (QED) is 0.422. The van der Waals surface area contributed by atoms with Gasteiger partial charge in [0.25, 0.3) is 5.91 Å². The second kappa shape index (κ2) is 10.3. The van der Waals surface area contributed by atoms with E-state index in [1.54, 1.807) is 30.3 Å². The van der Waals surface area contributed by atoms with E-state index in [9.17, 15) is 22.8 Å². The average molecular weight is 532 g/mol. The summed E-state index contributed by atoms with van der Waals surface area (Å²) in [5.41, 5.74) is 4.12. The van der Waals surface area contributed by atoms with Gasteiger partial charge < -0.3 is 25.1 Å². The SMILES string of the molecule is CC(C1CCN(c2ccc(NC(=O)c3nc(-c4ccccc4)oc3C(F)(F)F)cn2)C1)C(C)(C)OC(N)=O. The van der Waals surface area contributed by atoms with Gasteiger partial charge in [0.15, 0.2) is 5.69 Å². The van der Waals surface area contributed by atoms with Gasteiger partial charge in [0.2, 0.25) is 11.7 Å². The predicted octanol–water partition coefficient (Wildman–Crippen LogP) is 5.34. The molecule has 1 saturated heterocycles. The first-order chi connectivity index (χ1) is 17.8. The fourth-order valence-electron chi connectivity index (χ4n) is 4.53. The molecule has 38 heavy (non-hydrogen) atoms. The number of carbonyl (C=O) groups excluding carboxylic acids is 2. The Bertz CT molecular complexity index is 1290. The molecule has 2 amide bonds. The molecule has 2 aromatic heterocycles. The Balaban J connectivity index is 1.45. The minimum absolute atomic E-state index is 0.0321. The number of ether oxygens (including phenoxy) is 1. The van der Waals surface area contributed by atoms with Crippen molar-refractivity contribution >= 4 is 23.5 Å². The first-order valence-electron chi connectivity index (χ1n) is 12.0. The summed E-state index contributed by atoms with van der Waals surface area (Å²) in [6, 6.07) is 11.2. The number of alkyl halides is 3. The maximum absolute atomic E-state index is 13.6. The first-order valence-corrected chi connectivity index (χ1v) is 12.0. The van der Waals surface area contributed by atoms with Gasteiger partial charge in [-0.2, -0.15) is 13.2 Å². The van der Waals surface area contributed by atoms with E-state index >= 15 is 0 Å². The number of rotatable bonds is 7. The minimum atomic E-state index is -4.91. The molecule has 0 aliphatic carbocycles. The summed E-state index contributed by atoms with van der Waals surface area (Å²) >= 11 is 0. The molecule has 4 rings (SSSR count). The molecule has 3 aromatic rings. The smallest absolute Gasteiger partial charge is 0.443 e. The molecular formula is C26H28F3N5O4. The molecule has 1 fully saturated rings. The van der Waals surface area contributed by atoms with Crippen LogP contribution >= 0.6 is 0 Å². The normalized spacial score (nSPS) is 16.8. The van der Waals surface area contributed by atoms with E-state index in [-0.39, 0.29) is 23.4 Å². The molecule has 0 spiro atoms. The van der Waals surface area contributed by atoms with Crippen molar-refractivity contribution in [3.63, 3.8) is 0 Å². The van der Waals surface area contributed by atoms with E-state index in [0.717, 1.165) is 13.0 Å². The van der Waals surface area contributed by atoms with E-state index in [2.05, 4.69) is 20.2 Å². The molecule has 0 saturated carbocycles. The van der Waals surface area contributed by atoms with Crippen molar-refractivity contribution in [2.75, 3.05) is 23.3 Å².